The Labute approximate surface area is 175 Å². The van der Waals surface area contributed by atoms with E-state index in [0.29, 0.717) is 44.5 Å². The van der Waals surface area contributed by atoms with E-state index < -0.39 is 5.97 Å². The van der Waals surface area contributed by atoms with E-state index in [0.717, 1.165) is 0 Å². The van der Waals surface area contributed by atoms with Gasteiger partial charge in [-0.25, -0.2) is 9.78 Å². The smallest absolute Gasteiger partial charge is 0.336 e. The van der Waals surface area contributed by atoms with Crippen LogP contribution in [0, 0.1) is 6.92 Å². The van der Waals surface area contributed by atoms with E-state index in [-0.39, 0.29) is 17.3 Å². The Morgan fingerprint density at radius 2 is 1.93 bits per heavy atom. The fourth-order valence-electron chi connectivity index (χ4n) is 2.99. The van der Waals surface area contributed by atoms with E-state index in [1.165, 1.54) is 19.2 Å². The molecule has 0 saturated heterocycles. The van der Waals surface area contributed by atoms with Crippen molar-refractivity contribution in [3.05, 3.63) is 58.6 Å². The Bertz CT molecular complexity index is 1290. The number of H-pyrrole nitrogens is 1. The van der Waals surface area contributed by atoms with E-state index in [9.17, 15) is 15.0 Å². The molecule has 0 aliphatic heterocycles. The van der Waals surface area contributed by atoms with Crippen molar-refractivity contribution in [1.82, 2.24) is 15.0 Å². The lowest BCUT2D eigenvalue weighted by Gasteiger charge is -2.07. The van der Waals surface area contributed by atoms with E-state index in [2.05, 4.69) is 15.0 Å². The number of ether oxygens (including phenoxy) is 2. The second-order valence-electron chi connectivity index (χ2n) is 6.50. The molecule has 0 radical (unpaired) electrons. The number of aromatic carboxylic acids is 1. The Kier molecular flexibility index (Phi) is 4.93. The summed E-state index contributed by atoms with van der Waals surface area (Å²) in [4.78, 5) is 23.0. The number of carbonyl (C=O) groups is 1. The predicted molar refractivity (Wildman–Crippen MR) is 111 cm³/mol. The zero-order chi connectivity index (χ0) is 21.4. The molecule has 4 rings (SSSR count). The van der Waals surface area contributed by atoms with Crippen LogP contribution in [0.3, 0.4) is 0 Å². The molecule has 0 saturated carbocycles. The largest absolute Gasteiger partial charge is 0.504 e. The molecular weight excluding hydrogens is 410 g/mol. The zero-order valence-corrected chi connectivity index (χ0v) is 16.7. The van der Waals surface area contributed by atoms with Gasteiger partial charge >= 0.3 is 12.0 Å². The lowest BCUT2D eigenvalue weighted by Crippen LogP contribution is -2.00. The topological polar surface area (TPSA) is 118 Å². The third kappa shape index (κ3) is 3.60. The predicted octanol–water partition coefficient (Wildman–Crippen LogP) is 4.79. The highest BCUT2D eigenvalue weighted by Crippen LogP contribution is 2.35. The van der Waals surface area contributed by atoms with Gasteiger partial charge in [0.15, 0.2) is 17.1 Å². The number of aromatic amines is 1. The maximum atomic E-state index is 11.3. The number of fused-ring (bicyclic) bond motifs is 1. The van der Waals surface area contributed by atoms with E-state index in [4.69, 9.17) is 21.1 Å². The average molecular weight is 426 g/mol. The van der Waals surface area contributed by atoms with Gasteiger partial charge in [-0.2, -0.15) is 4.98 Å². The Morgan fingerprint density at radius 1 is 1.13 bits per heavy atom. The first-order valence-corrected chi connectivity index (χ1v) is 9.19. The second-order valence-corrected chi connectivity index (χ2v) is 6.91. The molecule has 0 aliphatic rings. The van der Waals surface area contributed by atoms with Crippen molar-refractivity contribution in [1.29, 1.82) is 0 Å². The van der Waals surface area contributed by atoms with Gasteiger partial charge in [-0.15, -0.1) is 0 Å². The summed E-state index contributed by atoms with van der Waals surface area (Å²) in [5.41, 5.74) is 2.69. The SMILES string of the molecule is COc1ccc(-c2nc3nc(Oc4ccc(C)c(C(=O)O)c4)[nH]c3cc2Cl)cc1O. The number of methoxy groups -OCH3 is 1. The van der Waals surface area contributed by atoms with Crippen LogP contribution in [0.15, 0.2) is 42.5 Å². The summed E-state index contributed by atoms with van der Waals surface area (Å²) >= 11 is 6.38. The summed E-state index contributed by atoms with van der Waals surface area (Å²) in [6.07, 6.45) is 0. The number of phenols is 1. The Morgan fingerprint density at radius 3 is 2.63 bits per heavy atom. The Balaban J connectivity index is 1.69. The maximum absolute atomic E-state index is 11.3. The number of hydrogen-bond acceptors (Lipinski definition) is 6. The quantitative estimate of drug-likeness (QED) is 0.420. The number of rotatable bonds is 5. The number of halogens is 1. The molecule has 152 valence electrons. The van der Waals surface area contributed by atoms with Gasteiger partial charge in [-0.1, -0.05) is 17.7 Å². The molecule has 0 bridgehead atoms. The number of aromatic nitrogens is 3. The molecule has 0 spiro atoms. The fourth-order valence-corrected chi connectivity index (χ4v) is 3.25. The molecule has 0 unspecified atom stereocenters. The standard InChI is InChI=1S/C21H16ClN3O5/c1-10-3-5-12(8-13(10)20(27)28)30-21-23-15-9-14(22)18(24-19(15)25-21)11-4-6-17(29-2)16(26)7-11/h3-9,26H,1-2H3,(H,27,28)(H,23,24,25). The summed E-state index contributed by atoms with van der Waals surface area (Å²) in [5.74, 6) is -0.412. The number of pyridine rings is 1. The number of hydrogen-bond donors (Lipinski definition) is 3. The van der Waals surface area contributed by atoms with Crippen molar-refractivity contribution >= 4 is 28.7 Å². The first kappa shape index (κ1) is 19.5. The maximum Gasteiger partial charge on any atom is 0.336 e. The van der Waals surface area contributed by atoms with Crippen molar-refractivity contribution in [2.75, 3.05) is 7.11 Å². The van der Waals surface area contributed by atoms with Crippen LogP contribution in [0.2, 0.25) is 5.02 Å². The highest BCUT2D eigenvalue weighted by Gasteiger charge is 2.15. The first-order chi connectivity index (χ1) is 14.4. The molecule has 2 aromatic heterocycles. The number of carboxylic acid groups (broad SMARTS) is 1. The second kappa shape index (κ2) is 7.57. The normalized spacial score (nSPS) is 10.9. The molecular formula is C21H16ClN3O5. The molecule has 9 heteroatoms. The van der Waals surface area contributed by atoms with Crippen molar-refractivity contribution in [2.45, 2.75) is 6.92 Å². The third-order valence-corrected chi connectivity index (χ3v) is 4.80. The lowest BCUT2D eigenvalue weighted by molar-refractivity contribution is 0.0695. The minimum atomic E-state index is -1.04. The van der Waals surface area contributed by atoms with Crippen LogP contribution in [-0.2, 0) is 0 Å². The van der Waals surface area contributed by atoms with Crippen molar-refractivity contribution < 1.29 is 24.5 Å². The number of phenolic OH excluding ortho intramolecular Hbond substituents is 1. The number of carboxylic acids is 1. The lowest BCUT2D eigenvalue weighted by atomic mass is 10.1. The minimum absolute atomic E-state index is 0.0346. The van der Waals surface area contributed by atoms with Gasteiger partial charge in [0.1, 0.15) is 5.75 Å². The minimum Gasteiger partial charge on any atom is -0.504 e. The first-order valence-electron chi connectivity index (χ1n) is 8.81. The van der Waals surface area contributed by atoms with Crippen LogP contribution in [-0.4, -0.2) is 38.2 Å². The van der Waals surface area contributed by atoms with Gasteiger partial charge in [0.05, 0.1) is 28.9 Å². The van der Waals surface area contributed by atoms with Crippen LogP contribution in [0.1, 0.15) is 15.9 Å². The van der Waals surface area contributed by atoms with Crippen LogP contribution >= 0.6 is 11.6 Å². The molecule has 0 amide bonds. The molecule has 2 aromatic carbocycles. The summed E-state index contributed by atoms with van der Waals surface area (Å²) in [5, 5.41) is 19.6. The molecule has 4 aromatic rings. The molecule has 0 aliphatic carbocycles. The van der Waals surface area contributed by atoms with E-state index in [1.54, 1.807) is 37.3 Å². The van der Waals surface area contributed by atoms with Gasteiger partial charge < -0.3 is 24.7 Å². The Hall–Kier alpha value is -3.78. The zero-order valence-electron chi connectivity index (χ0n) is 15.9. The number of nitrogens with zero attached hydrogens (tertiary/aromatic N) is 2. The number of aryl methyl sites for hydroxylation is 1. The molecule has 30 heavy (non-hydrogen) atoms. The molecule has 0 atom stereocenters. The molecule has 3 N–H and O–H groups in total. The van der Waals surface area contributed by atoms with Gasteiger partial charge in [0.2, 0.25) is 0 Å². The van der Waals surface area contributed by atoms with Gasteiger partial charge in [-0.3, -0.25) is 0 Å². The average Bonchev–Trinajstić information content (AvgIpc) is 3.09. The number of aromatic hydroxyl groups is 1. The van der Waals surface area contributed by atoms with Gasteiger partial charge in [-0.05, 0) is 48.9 Å². The summed E-state index contributed by atoms with van der Waals surface area (Å²) in [7, 11) is 1.46. The highest BCUT2D eigenvalue weighted by molar-refractivity contribution is 6.33. The number of benzene rings is 2. The monoisotopic (exact) mass is 425 g/mol. The van der Waals surface area contributed by atoms with E-state index in [1.807, 2.05) is 0 Å². The third-order valence-electron chi connectivity index (χ3n) is 4.51. The van der Waals surface area contributed by atoms with Gasteiger partial charge in [0, 0.05) is 5.56 Å². The molecule has 0 fully saturated rings. The molecule has 8 nitrogen and oxygen atoms in total. The summed E-state index contributed by atoms with van der Waals surface area (Å²) in [6, 6.07) is 11.4. The number of nitrogens with one attached hydrogen (secondary N) is 1. The number of imidazole rings is 1. The summed E-state index contributed by atoms with van der Waals surface area (Å²) in [6.45, 7) is 1.71. The van der Waals surface area contributed by atoms with Crippen LogP contribution < -0.4 is 9.47 Å². The molecule has 2 heterocycles. The van der Waals surface area contributed by atoms with E-state index >= 15 is 0 Å². The van der Waals surface area contributed by atoms with Crippen LogP contribution in [0.25, 0.3) is 22.4 Å². The highest BCUT2D eigenvalue weighted by atomic mass is 35.5. The van der Waals surface area contributed by atoms with Gasteiger partial charge in [0.25, 0.3) is 0 Å². The van der Waals surface area contributed by atoms with Crippen LogP contribution in [0.5, 0.6) is 23.3 Å². The van der Waals surface area contributed by atoms with Crippen molar-refractivity contribution in [3.8, 4) is 34.5 Å². The summed E-state index contributed by atoms with van der Waals surface area (Å²) < 4.78 is 10.7. The van der Waals surface area contributed by atoms with Crippen molar-refractivity contribution in [2.24, 2.45) is 0 Å². The van der Waals surface area contributed by atoms with Crippen LogP contribution in [0.4, 0.5) is 0 Å². The fraction of sp³-hybridized carbons (Fsp3) is 0.0952. The van der Waals surface area contributed by atoms with Crippen molar-refractivity contribution in [3.63, 3.8) is 0 Å².